The number of rotatable bonds is 5. The lowest BCUT2D eigenvalue weighted by Gasteiger charge is -2.46. The Labute approximate surface area is 188 Å². The molecule has 3 atom stereocenters. The average Bonchev–Trinajstić information content (AvgIpc) is 2.76. The van der Waals surface area contributed by atoms with Crippen molar-refractivity contribution >= 4 is 5.91 Å². The molecule has 7 heteroatoms. The highest BCUT2D eigenvalue weighted by atomic mass is 19.1. The summed E-state index contributed by atoms with van der Waals surface area (Å²) < 4.78 is 19.8. The van der Waals surface area contributed by atoms with Crippen LogP contribution in [0.3, 0.4) is 0 Å². The number of ether oxygens (including phenoxy) is 1. The number of aliphatic hydroxyl groups excluding tert-OH is 2. The Morgan fingerprint density at radius 1 is 1.22 bits per heavy atom. The van der Waals surface area contributed by atoms with Gasteiger partial charge in [-0.25, -0.2) is 4.39 Å². The molecule has 3 N–H and O–H groups in total. The largest absolute Gasteiger partial charge is 0.487 e. The Kier molecular flexibility index (Phi) is 6.51. The molecule has 1 fully saturated rings. The Morgan fingerprint density at radius 3 is 2.53 bits per heavy atom. The number of carbonyl (C=O) groups excluding carboxylic acids is 1. The number of nitrogens with zero attached hydrogens (tertiary/aromatic N) is 1. The van der Waals surface area contributed by atoms with Crippen molar-refractivity contribution in [3.8, 4) is 5.75 Å². The SMILES string of the molecule is CC(=O)N[C@H](C)c1ccc([C@H](O)CN2CCC3(CC2)C[C@H](O)c2cc(F)ccc2O3)cc1. The number of aliphatic hydroxyl groups is 2. The minimum atomic E-state index is -0.731. The van der Waals surface area contributed by atoms with E-state index in [0.717, 1.165) is 37.1 Å². The van der Waals surface area contributed by atoms with Crippen molar-refractivity contribution in [2.75, 3.05) is 19.6 Å². The van der Waals surface area contributed by atoms with Crippen LogP contribution in [0.5, 0.6) is 5.75 Å². The van der Waals surface area contributed by atoms with E-state index in [4.69, 9.17) is 4.74 Å². The summed E-state index contributed by atoms with van der Waals surface area (Å²) in [4.78, 5) is 13.4. The van der Waals surface area contributed by atoms with Gasteiger partial charge in [-0.1, -0.05) is 24.3 Å². The number of amides is 1. The Bertz CT molecular complexity index is 957. The van der Waals surface area contributed by atoms with E-state index in [2.05, 4.69) is 10.2 Å². The predicted octanol–water partition coefficient (Wildman–Crippen LogP) is 3.41. The number of β-amino-alcohol motifs (C(OH)–C–C–N with tert-alkyl or cyclic N) is 1. The minimum absolute atomic E-state index is 0.0744. The quantitative estimate of drug-likeness (QED) is 0.661. The number of hydrogen-bond acceptors (Lipinski definition) is 5. The van der Waals surface area contributed by atoms with E-state index in [1.54, 1.807) is 6.07 Å². The number of nitrogens with one attached hydrogen (secondary N) is 1. The first-order valence-electron chi connectivity index (χ1n) is 11.2. The lowest BCUT2D eigenvalue weighted by Crippen LogP contribution is -2.51. The highest BCUT2D eigenvalue weighted by molar-refractivity contribution is 5.73. The highest BCUT2D eigenvalue weighted by Crippen LogP contribution is 2.44. The molecular weight excluding hydrogens is 411 g/mol. The normalized spacial score (nSPS) is 22.0. The van der Waals surface area contributed by atoms with Gasteiger partial charge in [-0.05, 0) is 49.1 Å². The number of hydrogen-bond donors (Lipinski definition) is 3. The number of carbonyl (C=O) groups is 1. The molecule has 2 aromatic carbocycles. The van der Waals surface area contributed by atoms with Crippen molar-refractivity contribution in [3.63, 3.8) is 0 Å². The van der Waals surface area contributed by atoms with Crippen LogP contribution in [0, 0.1) is 5.82 Å². The van der Waals surface area contributed by atoms with Gasteiger partial charge in [-0.15, -0.1) is 0 Å². The molecule has 2 aromatic rings. The monoisotopic (exact) mass is 442 g/mol. The van der Waals surface area contributed by atoms with Crippen molar-refractivity contribution in [2.45, 2.75) is 57.0 Å². The van der Waals surface area contributed by atoms with Crippen LogP contribution < -0.4 is 10.1 Å². The standard InChI is InChI=1S/C25H31FN2O4/c1-16(27-17(2)29)18-3-5-19(6-4-18)23(31)15-28-11-9-25(10-12-28)14-22(30)21-13-20(26)7-8-24(21)32-25/h3-8,13,16,22-23,30-31H,9-12,14-15H2,1-2H3,(H,27,29)/t16-,22+,23-/m1/s1. The molecule has 2 aliphatic heterocycles. The third-order valence-electron chi connectivity index (χ3n) is 6.66. The third kappa shape index (κ3) is 4.95. The van der Waals surface area contributed by atoms with Gasteiger partial charge in [0, 0.05) is 38.5 Å². The van der Waals surface area contributed by atoms with Gasteiger partial charge >= 0.3 is 0 Å². The molecule has 0 aliphatic carbocycles. The summed E-state index contributed by atoms with van der Waals surface area (Å²) in [5.74, 6) is 0.116. The van der Waals surface area contributed by atoms with E-state index in [0.29, 0.717) is 24.3 Å². The van der Waals surface area contributed by atoms with Gasteiger partial charge in [0.2, 0.25) is 5.91 Å². The highest BCUT2D eigenvalue weighted by Gasteiger charge is 2.43. The topological polar surface area (TPSA) is 82.0 Å². The van der Waals surface area contributed by atoms with Crippen LogP contribution in [-0.4, -0.2) is 46.3 Å². The summed E-state index contributed by atoms with van der Waals surface area (Å²) >= 11 is 0. The molecule has 32 heavy (non-hydrogen) atoms. The Hall–Kier alpha value is -2.48. The lowest BCUT2D eigenvalue weighted by molar-refractivity contribution is -0.119. The summed E-state index contributed by atoms with van der Waals surface area (Å²) in [6.07, 6.45) is 0.579. The van der Waals surface area contributed by atoms with Gasteiger partial charge in [-0.2, -0.15) is 0 Å². The van der Waals surface area contributed by atoms with Crippen LogP contribution in [0.4, 0.5) is 4.39 Å². The number of piperidine rings is 1. The zero-order valence-corrected chi connectivity index (χ0v) is 18.6. The van der Waals surface area contributed by atoms with Gasteiger partial charge in [0.1, 0.15) is 17.2 Å². The van der Waals surface area contributed by atoms with Crippen molar-refractivity contribution in [2.24, 2.45) is 0 Å². The molecule has 1 saturated heterocycles. The molecule has 0 radical (unpaired) electrons. The summed E-state index contributed by atoms with van der Waals surface area (Å²) in [6.45, 7) is 5.43. The Balaban J connectivity index is 1.33. The number of likely N-dealkylation sites (tertiary alicyclic amines) is 1. The molecular formula is C25H31FN2O4. The van der Waals surface area contributed by atoms with Crippen molar-refractivity contribution in [1.82, 2.24) is 10.2 Å². The second-order valence-corrected chi connectivity index (χ2v) is 9.09. The van der Waals surface area contributed by atoms with Gasteiger partial charge in [0.05, 0.1) is 18.2 Å². The molecule has 0 unspecified atom stereocenters. The molecule has 4 rings (SSSR count). The van der Waals surface area contributed by atoms with Crippen LogP contribution in [0.25, 0.3) is 0 Å². The second kappa shape index (κ2) is 9.17. The molecule has 0 saturated carbocycles. The summed E-state index contributed by atoms with van der Waals surface area (Å²) in [5, 5.41) is 24.1. The molecule has 2 aliphatic rings. The number of benzene rings is 2. The predicted molar refractivity (Wildman–Crippen MR) is 119 cm³/mol. The van der Waals surface area contributed by atoms with Crippen LogP contribution >= 0.6 is 0 Å². The van der Waals surface area contributed by atoms with Gasteiger partial charge in [0.25, 0.3) is 0 Å². The van der Waals surface area contributed by atoms with Gasteiger partial charge < -0.3 is 25.2 Å². The van der Waals surface area contributed by atoms with Crippen molar-refractivity contribution < 1.29 is 24.1 Å². The minimum Gasteiger partial charge on any atom is -0.487 e. The molecule has 6 nitrogen and oxygen atoms in total. The van der Waals surface area contributed by atoms with E-state index in [-0.39, 0.29) is 17.8 Å². The van der Waals surface area contributed by atoms with Gasteiger partial charge in [0.15, 0.2) is 0 Å². The molecule has 1 spiro atoms. The molecule has 1 amide bonds. The molecule has 0 bridgehead atoms. The Morgan fingerprint density at radius 2 is 1.88 bits per heavy atom. The average molecular weight is 443 g/mol. The fraction of sp³-hybridized carbons (Fsp3) is 0.480. The fourth-order valence-corrected chi connectivity index (χ4v) is 4.80. The second-order valence-electron chi connectivity index (χ2n) is 9.09. The zero-order chi connectivity index (χ0) is 22.9. The third-order valence-corrected chi connectivity index (χ3v) is 6.66. The van der Waals surface area contributed by atoms with E-state index >= 15 is 0 Å². The first-order valence-corrected chi connectivity index (χ1v) is 11.2. The van der Waals surface area contributed by atoms with E-state index < -0.39 is 17.8 Å². The fourth-order valence-electron chi connectivity index (χ4n) is 4.80. The lowest BCUT2D eigenvalue weighted by atomic mass is 9.81. The molecule has 2 heterocycles. The first-order chi connectivity index (χ1) is 15.2. The maximum Gasteiger partial charge on any atom is 0.217 e. The van der Waals surface area contributed by atoms with Gasteiger partial charge in [-0.3, -0.25) is 4.79 Å². The van der Waals surface area contributed by atoms with Crippen LogP contribution in [0.1, 0.15) is 68.1 Å². The van der Waals surface area contributed by atoms with E-state index in [1.807, 2.05) is 31.2 Å². The first kappa shape index (κ1) is 22.7. The van der Waals surface area contributed by atoms with Crippen molar-refractivity contribution in [1.29, 1.82) is 0 Å². The van der Waals surface area contributed by atoms with Crippen LogP contribution in [-0.2, 0) is 4.79 Å². The zero-order valence-electron chi connectivity index (χ0n) is 18.6. The summed E-state index contributed by atoms with van der Waals surface area (Å²) in [5.41, 5.74) is 1.89. The van der Waals surface area contributed by atoms with Crippen molar-refractivity contribution in [3.05, 3.63) is 65.0 Å². The van der Waals surface area contributed by atoms with Crippen LogP contribution in [0.2, 0.25) is 0 Å². The molecule has 0 aromatic heterocycles. The van der Waals surface area contributed by atoms with E-state index in [9.17, 15) is 19.4 Å². The summed E-state index contributed by atoms with van der Waals surface area (Å²) in [6, 6.07) is 11.9. The molecule has 172 valence electrons. The smallest absolute Gasteiger partial charge is 0.217 e. The maximum atomic E-state index is 13.5. The number of fused-ring (bicyclic) bond motifs is 1. The van der Waals surface area contributed by atoms with Crippen LogP contribution in [0.15, 0.2) is 42.5 Å². The summed E-state index contributed by atoms with van der Waals surface area (Å²) in [7, 11) is 0. The number of halogens is 1. The van der Waals surface area contributed by atoms with E-state index in [1.165, 1.54) is 19.1 Å². The maximum absolute atomic E-state index is 13.5.